The first-order chi connectivity index (χ1) is 9.15. The van der Waals surface area contributed by atoms with E-state index in [-0.39, 0.29) is 0 Å². The molecule has 0 radical (unpaired) electrons. The predicted octanol–water partition coefficient (Wildman–Crippen LogP) is 3.41. The summed E-state index contributed by atoms with van der Waals surface area (Å²) in [4.78, 5) is 8.38. The Labute approximate surface area is 119 Å². The Bertz CT molecular complexity index is 753. The molecule has 0 bridgehead atoms. The van der Waals surface area contributed by atoms with Crippen LogP contribution in [0, 0.1) is 0 Å². The molecule has 0 aliphatic carbocycles. The van der Waals surface area contributed by atoms with Gasteiger partial charge in [-0.05, 0) is 18.2 Å². The lowest BCUT2D eigenvalue weighted by Gasteiger charge is -2.08. The third-order valence-electron chi connectivity index (χ3n) is 2.71. The highest BCUT2D eigenvalue weighted by atomic mass is 35.5. The van der Waals surface area contributed by atoms with Gasteiger partial charge in [0.25, 0.3) is 0 Å². The Morgan fingerprint density at radius 1 is 1.21 bits per heavy atom. The summed E-state index contributed by atoms with van der Waals surface area (Å²) < 4.78 is 1.68. The smallest absolute Gasteiger partial charge is 0.163 e. The van der Waals surface area contributed by atoms with Crippen molar-refractivity contribution < 1.29 is 0 Å². The van der Waals surface area contributed by atoms with Crippen LogP contribution < -0.4 is 5.32 Å². The molecule has 0 unspecified atom stereocenters. The second-order valence-corrected chi connectivity index (χ2v) is 4.82. The Morgan fingerprint density at radius 3 is 2.89 bits per heavy atom. The number of hydrogen-bond donors (Lipinski definition) is 1. The van der Waals surface area contributed by atoms with E-state index in [9.17, 15) is 0 Å². The van der Waals surface area contributed by atoms with Crippen molar-refractivity contribution in [3.8, 4) is 0 Å². The quantitative estimate of drug-likeness (QED) is 0.787. The van der Waals surface area contributed by atoms with Gasteiger partial charge in [0, 0.05) is 12.1 Å². The minimum Gasteiger partial charge on any atom is -0.338 e. The lowest BCUT2D eigenvalue weighted by atomic mass is 10.3. The minimum atomic E-state index is 0.569. The van der Waals surface area contributed by atoms with Crippen LogP contribution in [0.3, 0.4) is 0 Å². The normalized spacial score (nSPS) is 10.9. The molecule has 7 heteroatoms. The number of benzene rings is 1. The fourth-order valence-electron chi connectivity index (χ4n) is 1.78. The van der Waals surface area contributed by atoms with Crippen molar-refractivity contribution in [1.29, 1.82) is 0 Å². The molecule has 0 aliphatic heterocycles. The molecule has 0 saturated heterocycles. The molecule has 3 aromatic rings. The summed E-state index contributed by atoms with van der Waals surface area (Å²) in [5.74, 6) is 0.641. The van der Waals surface area contributed by atoms with E-state index in [0.29, 0.717) is 21.6 Å². The van der Waals surface area contributed by atoms with Crippen molar-refractivity contribution in [2.75, 3.05) is 5.32 Å². The maximum atomic E-state index is 6.12. The van der Waals surface area contributed by atoms with Gasteiger partial charge >= 0.3 is 0 Å². The zero-order chi connectivity index (χ0) is 13.4. The van der Waals surface area contributed by atoms with E-state index in [1.807, 2.05) is 7.05 Å². The fourth-order valence-corrected chi connectivity index (χ4v) is 2.12. The number of nitrogens with one attached hydrogen (secondary N) is 1. The van der Waals surface area contributed by atoms with E-state index in [1.54, 1.807) is 29.1 Å². The fraction of sp³-hybridized carbons (Fsp3) is 0.0833. The summed E-state index contributed by atoms with van der Waals surface area (Å²) in [5, 5.41) is 9.29. The minimum absolute atomic E-state index is 0.569. The van der Waals surface area contributed by atoms with E-state index in [4.69, 9.17) is 23.2 Å². The van der Waals surface area contributed by atoms with E-state index in [1.165, 1.54) is 6.33 Å². The third kappa shape index (κ3) is 2.22. The van der Waals surface area contributed by atoms with Gasteiger partial charge in [-0.15, -0.1) is 0 Å². The molecule has 0 aliphatic rings. The summed E-state index contributed by atoms with van der Waals surface area (Å²) in [6, 6.07) is 5.21. The van der Waals surface area contributed by atoms with E-state index in [0.717, 1.165) is 11.0 Å². The van der Waals surface area contributed by atoms with Crippen LogP contribution in [0.2, 0.25) is 10.0 Å². The highest BCUT2D eigenvalue weighted by Crippen LogP contribution is 2.29. The van der Waals surface area contributed by atoms with Gasteiger partial charge in [0.05, 0.1) is 22.3 Å². The van der Waals surface area contributed by atoms with Crippen LogP contribution in [-0.4, -0.2) is 19.7 Å². The first-order valence-electron chi connectivity index (χ1n) is 5.50. The molecule has 2 aromatic heterocycles. The number of hydrogen-bond acceptors (Lipinski definition) is 4. The third-order valence-corrected chi connectivity index (χ3v) is 3.28. The molecular weight excluding hydrogens is 285 g/mol. The van der Waals surface area contributed by atoms with E-state index >= 15 is 0 Å². The molecule has 0 fully saturated rings. The summed E-state index contributed by atoms with van der Waals surface area (Å²) in [7, 11) is 1.82. The predicted molar refractivity (Wildman–Crippen MR) is 76.0 cm³/mol. The van der Waals surface area contributed by atoms with Crippen LogP contribution >= 0.6 is 23.2 Å². The van der Waals surface area contributed by atoms with Crippen molar-refractivity contribution in [2.45, 2.75) is 0 Å². The zero-order valence-electron chi connectivity index (χ0n) is 9.93. The summed E-state index contributed by atoms with van der Waals surface area (Å²) >= 11 is 12.1. The summed E-state index contributed by atoms with van der Waals surface area (Å²) in [5.41, 5.74) is 1.44. The summed E-state index contributed by atoms with van der Waals surface area (Å²) in [6.07, 6.45) is 3.18. The first-order valence-corrected chi connectivity index (χ1v) is 6.25. The molecule has 0 amide bonds. The number of aromatic nitrogens is 4. The molecule has 5 nitrogen and oxygen atoms in total. The Hall–Kier alpha value is -1.85. The maximum Gasteiger partial charge on any atom is 0.163 e. The Balaban J connectivity index is 2.08. The lowest BCUT2D eigenvalue weighted by molar-refractivity contribution is 0.785. The Morgan fingerprint density at radius 2 is 2.05 bits per heavy atom. The monoisotopic (exact) mass is 293 g/mol. The number of nitrogens with zero attached hydrogens (tertiary/aromatic N) is 4. The van der Waals surface area contributed by atoms with Gasteiger partial charge in [0.15, 0.2) is 5.65 Å². The van der Waals surface area contributed by atoms with Crippen LogP contribution in [0.1, 0.15) is 0 Å². The van der Waals surface area contributed by atoms with Gasteiger partial charge in [0.1, 0.15) is 12.1 Å². The molecule has 0 spiro atoms. The highest BCUT2D eigenvalue weighted by Gasteiger charge is 2.09. The van der Waals surface area contributed by atoms with Crippen molar-refractivity contribution >= 4 is 45.7 Å². The molecule has 0 atom stereocenters. The number of aryl methyl sites for hydroxylation is 1. The van der Waals surface area contributed by atoms with E-state index in [2.05, 4.69) is 20.4 Å². The van der Waals surface area contributed by atoms with Crippen molar-refractivity contribution in [3.63, 3.8) is 0 Å². The lowest BCUT2D eigenvalue weighted by Crippen LogP contribution is -1.97. The second kappa shape index (κ2) is 4.68. The van der Waals surface area contributed by atoms with Gasteiger partial charge in [-0.3, -0.25) is 4.68 Å². The topological polar surface area (TPSA) is 55.6 Å². The Kier molecular flexibility index (Phi) is 3.00. The van der Waals surface area contributed by atoms with Gasteiger partial charge in [-0.25, -0.2) is 9.97 Å². The van der Waals surface area contributed by atoms with Crippen LogP contribution in [-0.2, 0) is 7.05 Å². The number of fused-ring (bicyclic) bond motifs is 1. The molecule has 2 heterocycles. The van der Waals surface area contributed by atoms with Gasteiger partial charge in [-0.1, -0.05) is 23.2 Å². The molecule has 1 aromatic carbocycles. The number of anilines is 2. The molecule has 96 valence electrons. The average molecular weight is 294 g/mol. The van der Waals surface area contributed by atoms with Gasteiger partial charge in [0.2, 0.25) is 0 Å². The van der Waals surface area contributed by atoms with Gasteiger partial charge < -0.3 is 5.32 Å². The number of rotatable bonds is 2. The van der Waals surface area contributed by atoms with Crippen LogP contribution in [0.25, 0.3) is 11.0 Å². The number of halogens is 2. The molecule has 19 heavy (non-hydrogen) atoms. The van der Waals surface area contributed by atoms with Crippen LogP contribution in [0.4, 0.5) is 11.5 Å². The zero-order valence-corrected chi connectivity index (χ0v) is 11.4. The van der Waals surface area contributed by atoms with Crippen molar-refractivity contribution in [1.82, 2.24) is 19.7 Å². The van der Waals surface area contributed by atoms with Crippen molar-refractivity contribution in [2.24, 2.45) is 7.05 Å². The standard InChI is InChI=1S/C12H9Cl2N5/c1-19-12-8(5-17-19)11(15-6-16-12)18-10-4-7(13)2-3-9(10)14/h2-6H,1H3,(H,15,16,18). The van der Waals surface area contributed by atoms with Crippen molar-refractivity contribution in [3.05, 3.63) is 40.8 Å². The average Bonchev–Trinajstić information content (AvgIpc) is 2.77. The highest BCUT2D eigenvalue weighted by molar-refractivity contribution is 6.35. The SMILES string of the molecule is Cn1ncc2c(Nc3cc(Cl)ccc3Cl)ncnc21. The molecule has 3 rings (SSSR count). The largest absolute Gasteiger partial charge is 0.338 e. The second-order valence-electron chi connectivity index (χ2n) is 3.98. The molecule has 0 saturated carbocycles. The maximum absolute atomic E-state index is 6.12. The molecular formula is C12H9Cl2N5. The van der Waals surface area contributed by atoms with E-state index < -0.39 is 0 Å². The van der Waals surface area contributed by atoms with Crippen LogP contribution in [0.5, 0.6) is 0 Å². The first kappa shape index (κ1) is 12.2. The summed E-state index contributed by atoms with van der Waals surface area (Å²) in [6.45, 7) is 0. The molecule has 1 N–H and O–H groups in total. The van der Waals surface area contributed by atoms with Gasteiger partial charge in [-0.2, -0.15) is 5.10 Å². The van der Waals surface area contributed by atoms with Crippen LogP contribution in [0.15, 0.2) is 30.7 Å².